The molecule has 4 rings (SSSR count). The van der Waals surface area contributed by atoms with Crippen molar-refractivity contribution in [3.05, 3.63) is 41.7 Å². The lowest BCUT2D eigenvalue weighted by Crippen LogP contribution is -2.54. The maximum atomic E-state index is 11.8. The van der Waals surface area contributed by atoms with E-state index in [2.05, 4.69) is 37.0 Å². The van der Waals surface area contributed by atoms with E-state index >= 15 is 0 Å². The Bertz CT molecular complexity index is 866. The molecular formula is C24H29N3O. The minimum atomic E-state index is -0.734. The number of hydrogen-bond donors (Lipinski definition) is 1. The first kappa shape index (κ1) is 19.2. The number of pyridine rings is 1. The fourth-order valence-corrected chi connectivity index (χ4v) is 6.86. The van der Waals surface area contributed by atoms with Crippen LogP contribution in [0.5, 0.6) is 0 Å². The Morgan fingerprint density at radius 3 is 2.64 bits per heavy atom. The first-order chi connectivity index (χ1) is 13.4. The van der Waals surface area contributed by atoms with Crippen LogP contribution in [0.3, 0.4) is 0 Å². The summed E-state index contributed by atoms with van der Waals surface area (Å²) < 4.78 is 0. The summed E-state index contributed by atoms with van der Waals surface area (Å²) in [5.41, 5.74) is 0.522. The molecular weight excluding hydrogens is 346 g/mol. The average molecular weight is 376 g/mol. The van der Waals surface area contributed by atoms with E-state index in [-0.39, 0.29) is 10.8 Å². The van der Waals surface area contributed by atoms with Gasteiger partial charge >= 0.3 is 0 Å². The fraction of sp³-hybridized carbons (Fsp3) is 0.625. The zero-order chi connectivity index (χ0) is 20.0. The molecule has 3 aliphatic rings. The number of nitriles is 2. The molecule has 28 heavy (non-hydrogen) atoms. The van der Waals surface area contributed by atoms with E-state index in [4.69, 9.17) is 0 Å². The second-order valence-electron chi connectivity index (χ2n) is 9.62. The summed E-state index contributed by atoms with van der Waals surface area (Å²) in [6.45, 7) is 4.38. The molecule has 0 radical (unpaired) electrons. The highest BCUT2D eigenvalue weighted by Crippen LogP contribution is 2.66. The van der Waals surface area contributed by atoms with Crippen molar-refractivity contribution >= 4 is 0 Å². The third-order valence-electron chi connectivity index (χ3n) is 8.55. The van der Waals surface area contributed by atoms with Gasteiger partial charge < -0.3 is 5.11 Å². The van der Waals surface area contributed by atoms with E-state index in [0.717, 1.165) is 43.4 Å². The molecule has 1 aromatic heterocycles. The highest BCUT2D eigenvalue weighted by Gasteiger charge is 2.63. The lowest BCUT2D eigenvalue weighted by molar-refractivity contribution is -0.120. The molecule has 1 heterocycles. The number of nitrogens with zero attached hydrogens (tertiary/aromatic N) is 3. The van der Waals surface area contributed by atoms with Crippen LogP contribution in [0.4, 0.5) is 0 Å². The van der Waals surface area contributed by atoms with Crippen molar-refractivity contribution in [2.45, 2.75) is 64.4 Å². The SMILES string of the molecule is C[C@]1(CC#N)C(C#N)=CC[C@@H]2[C@@H]1CC[C@@]1(C)[C@H]2CC[C@@]1(O)Cc1ccccn1. The van der Waals surface area contributed by atoms with Crippen molar-refractivity contribution in [1.82, 2.24) is 4.98 Å². The molecule has 0 unspecified atom stereocenters. The Morgan fingerprint density at radius 2 is 1.96 bits per heavy atom. The monoisotopic (exact) mass is 375 g/mol. The minimum Gasteiger partial charge on any atom is -0.389 e. The van der Waals surface area contributed by atoms with Crippen LogP contribution in [0.15, 0.2) is 36.0 Å². The third kappa shape index (κ3) is 2.62. The Hall–Kier alpha value is -2.17. The molecule has 146 valence electrons. The van der Waals surface area contributed by atoms with Gasteiger partial charge in [-0.15, -0.1) is 0 Å². The van der Waals surface area contributed by atoms with Crippen molar-refractivity contribution in [3.8, 4) is 12.1 Å². The van der Waals surface area contributed by atoms with Gasteiger partial charge in [0.25, 0.3) is 0 Å². The number of hydrogen-bond acceptors (Lipinski definition) is 4. The maximum absolute atomic E-state index is 11.8. The van der Waals surface area contributed by atoms with Crippen molar-refractivity contribution < 1.29 is 5.11 Å². The normalized spacial score (nSPS) is 41.9. The van der Waals surface area contributed by atoms with Gasteiger partial charge in [0.1, 0.15) is 0 Å². The van der Waals surface area contributed by atoms with Gasteiger partial charge in [0, 0.05) is 35.7 Å². The predicted molar refractivity (Wildman–Crippen MR) is 107 cm³/mol. The van der Waals surface area contributed by atoms with E-state index < -0.39 is 5.60 Å². The van der Waals surface area contributed by atoms with E-state index in [1.165, 1.54) is 0 Å². The van der Waals surface area contributed by atoms with Crippen LogP contribution in [0.1, 0.15) is 58.1 Å². The van der Waals surface area contributed by atoms with Gasteiger partial charge in [-0.2, -0.15) is 10.5 Å². The Kier molecular flexibility index (Phi) is 4.59. The molecule has 1 aromatic rings. The number of rotatable bonds is 3. The number of allylic oxidation sites excluding steroid dienone is 2. The largest absolute Gasteiger partial charge is 0.389 e. The molecule has 1 N–H and O–H groups in total. The summed E-state index contributed by atoms with van der Waals surface area (Å²) in [6.07, 6.45) is 9.52. The van der Waals surface area contributed by atoms with Gasteiger partial charge in [0.15, 0.2) is 0 Å². The highest BCUT2D eigenvalue weighted by atomic mass is 16.3. The van der Waals surface area contributed by atoms with E-state index in [1.807, 2.05) is 18.2 Å². The summed E-state index contributed by atoms with van der Waals surface area (Å²) in [5.74, 6) is 1.21. The van der Waals surface area contributed by atoms with Crippen LogP contribution in [0.25, 0.3) is 0 Å². The standard InChI is InChI=1S/C24H29N3O/c1-22(12-13-25)17(16-26)6-7-19-20(22)8-10-23(2)21(19)9-11-24(23,28)15-18-5-3-4-14-27-18/h3-6,14,19-21,28H,7-12,15H2,1-2H3/t19-,20+,21+,22+,23+,24-/m1/s1. The van der Waals surface area contributed by atoms with Crippen LogP contribution in [0.2, 0.25) is 0 Å². The fourth-order valence-electron chi connectivity index (χ4n) is 6.86. The summed E-state index contributed by atoms with van der Waals surface area (Å²) in [4.78, 5) is 4.46. The van der Waals surface area contributed by atoms with Crippen LogP contribution in [-0.2, 0) is 6.42 Å². The minimum absolute atomic E-state index is 0.142. The van der Waals surface area contributed by atoms with Crippen molar-refractivity contribution in [3.63, 3.8) is 0 Å². The van der Waals surface area contributed by atoms with E-state index in [0.29, 0.717) is 30.6 Å². The molecule has 6 atom stereocenters. The molecule has 2 saturated carbocycles. The topological polar surface area (TPSA) is 80.7 Å². The smallest absolute Gasteiger partial charge is 0.0950 e. The van der Waals surface area contributed by atoms with Crippen molar-refractivity contribution in [2.24, 2.45) is 28.6 Å². The van der Waals surface area contributed by atoms with Gasteiger partial charge in [-0.25, -0.2) is 0 Å². The molecule has 4 nitrogen and oxygen atoms in total. The van der Waals surface area contributed by atoms with Crippen LogP contribution in [0, 0.1) is 51.2 Å². The summed E-state index contributed by atoms with van der Waals surface area (Å²) in [5, 5.41) is 30.9. The Labute approximate surface area is 167 Å². The number of aromatic nitrogens is 1. The quantitative estimate of drug-likeness (QED) is 0.839. The van der Waals surface area contributed by atoms with Crippen molar-refractivity contribution in [2.75, 3.05) is 0 Å². The van der Waals surface area contributed by atoms with Gasteiger partial charge in [-0.3, -0.25) is 4.98 Å². The van der Waals surface area contributed by atoms with Crippen LogP contribution >= 0.6 is 0 Å². The van der Waals surface area contributed by atoms with E-state index in [1.54, 1.807) is 6.20 Å². The molecule has 4 heteroatoms. The zero-order valence-electron chi connectivity index (χ0n) is 16.9. The summed E-state index contributed by atoms with van der Waals surface area (Å²) >= 11 is 0. The molecule has 0 saturated heterocycles. The predicted octanol–water partition coefficient (Wildman–Crippen LogP) is 4.57. The molecule has 0 bridgehead atoms. The van der Waals surface area contributed by atoms with Crippen LogP contribution < -0.4 is 0 Å². The van der Waals surface area contributed by atoms with Gasteiger partial charge in [0.2, 0.25) is 0 Å². The molecule has 0 spiro atoms. The number of fused-ring (bicyclic) bond motifs is 3. The zero-order valence-corrected chi connectivity index (χ0v) is 16.9. The average Bonchev–Trinajstić information content (AvgIpc) is 2.94. The van der Waals surface area contributed by atoms with Crippen LogP contribution in [-0.4, -0.2) is 15.7 Å². The van der Waals surface area contributed by atoms with Crippen molar-refractivity contribution in [1.29, 1.82) is 10.5 Å². The lowest BCUT2D eigenvalue weighted by Gasteiger charge is -2.56. The Balaban J connectivity index is 1.66. The van der Waals surface area contributed by atoms with Gasteiger partial charge in [-0.05, 0) is 67.4 Å². The molecule has 2 fully saturated rings. The highest BCUT2D eigenvalue weighted by molar-refractivity contribution is 5.35. The summed E-state index contributed by atoms with van der Waals surface area (Å²) in [7, 11) is 0. The van der Waals surface area contributed by atoms with Gasteiger partial charge in [0.05, 0.1) is 17.7 Å². The first-order valence-corrected chi connectivity index (χ1v) is 10.5. The van der Waals surface area contributed by atoms with E-state index in [9.17, 15) is 15.6 Å². The second-order valence-corrected chi connectivity index (χ2v) is 9.62. The van der Waals surface area contributed by atoms with Gasteiger partial charge in [-0.1, -0.05) is 26.0 Å². The first-order valence-electron chi connectivity index (χ1n) is 10.5. The third-order valence-corrected chi connectivity index (χ3v) is 8.55. The summed E-state index contributed by atoms with van der Waals surface area (Å²) in [6, 6.07) is 10.6. The molecule has 0 aromatic carbocycles. The Morgan fingerprint density at radius 1 is 1.18 bits per heavy atom. The lowest BCUT2D eigenvalue weighted by atomic mass is 9.48. The molecule has 3 aliphatic carbocycles. The number of aliphatic hydroxyl groups is 1. The maximum Gasteiger partial charge on any atom is 0.0950 e. The second kappa shape index (κ2) is 6.71. The molecule has 0 amide bonds. The molecule has 0 aliphatic heterocycles.